The molecule has 0 fully saturated rings. The summed E-state index contributed by atoms with van der Waals surface area (Å²) >= 11 is 0. The highest BCUT2D eigenvalue weighted by Crippen LogP contribution is 2.15. The summed E-state index contributed by atoms with van der Waals surface area (Å²) in [5, 5.41) is 14.3. The molecule has 2 amide bonds. The number of ether oxygens (including phenoxy) is 1. The van der Waals surface area contributed by atoms with Crippen LogP contribution in [0, 0.1) is 0 Å². The second-order valence-electron chi connectivity index (χ2n) is 4.64. The number of anilines is 1. The number of carboxylic acid groups (broad SMARTS) is 1. The van der Waals surface area contributed by atoms with Crippen LogP contribution >= 0.6 is 0 Å². The number of carbonyl (C=O) groups excluding carboxylic acids is 1. The minimum absolute atomic E-state index is 0.325. The van der Waals surface area contributed by atoms with E-state index in [0.717, 1.165) is 12.0 Å². The zero-order valence-electron chi connectivity index (χ0n) is 12.4. The van der Waals surface area contributed by atoms with Gasteiger partial charge in [0.05, 0.1) is 0 Å². The summed E-state index contributed by atoms with van der Waals surface area (Å²) in [5.74, 6) is -1.05. The van der Waals surface area contributed by atoms with Gasteiger partial charge < -0.3 is 20.5 Å². The molecule has 6 heteroatoms. The van der Waals surface area contributed by atoms with Gasteiger partial charge in [0.1, 0.15) is 6.04 Å². The number of hydrogen-bond acceptors (Lipinski definition) is 3. The van der Waals surface area contributed by atoms with Crippen LogP contribution in [-0.4, -0.2) is 36.9 Å². The third-order valence-corrected chi connectivity index (χ3v) is 3.09. The lowest BCUT2D eigenvalue weighted by Crippen LogP contribution is -2.43. The van der Waals surface area contributed by atoms with Crippen LogP contribution in [0.15, 0.2) is 24.3 Å². The van der Waals surface area contributed by atoms with Crippen LogP contribution in [0.3, 0.4) is 0 Å². The van der Waals surface area contributed by atoms with Gasteiger partial charge in [0.15, 0.2) is 0 Å². The second-order valence-corrected chi connectivity index (χ2v) is 4.64. The molecule has 0 aliphatic heterocycles. The Morgan fingerprint density at radius 2 is 2.05 bits per heavy atom. The van der Waals surface area contributed by atoms with Crippen molar-refractivity contribution < 1.29 is 19.4 Å². The van der Waals surface area contributed by atoms with E-state index in [4.69, 9.17) is 9.84 Å². The quantitative estimate of drug-likeness (QED) is 0.642. The molecule has 0 spiro atoms. The Bertz CT molecular complexity index is 476. The van der Waals surface area contributed by atoms with Crippen molar-refractivity contribution in [2.24, 2.45) is 0 Å². The molecule has 0 aromatic heterocycles. The lowest BCUT2D eigenvalue weighted by Gasteiger charge is -2.16. The number of para-hydroxylation sites is 1. The fraction of sp³-hybridized carbons (Fsp3) is 0.467. The third kappa shape index (κ3) is 5.83. The SMILES string of the molecule is CCc1ccccc1NC(=O)NC(CCCOC)C(=O)O. The number of urea groups is 1. The van der Waals surface area contributed by atoms with E-state index in [1.807, 2.05) is 25.1 Å². The summed E-state index contributed by atoms with van der Waals surface area (Å²) in [6.07, 6.45) is 1.68. The van der Waals surface area contributed by atoms with Crippen molar-refractivity contribution in [3.63, 3.8) is 0 Å². The van der Waals surface area contributed by atoms with Gasteiger partial charge in [0, 0.05) is 19.4 Å². The number of rotatable bonds is 8. The Morgan fingerprint density at radius 1 is 1.33 bits per heavy atom. The van der Waals surface area contributed by atoms with Crippen molar-refractivity contribution in [2.45, 2.75) is 32.2 Å². The number of aliphatic carboxylic acids is 1. The Morgan fingerprint density at radius 3 is 2.67 bits per heavy atom. The molecule has 1 aromatic rings. The van der Waals surface area contributed by atoms with Gasteiger partial charge in [-0.3, -0.25) is 0 Å². The maximum absolute atomic E-state index is 11.9. The molecule has 0 heterocycles. The van der Waals surface area contributed by atoms with E-state index in [9.17, 15) is 9.59 Å². The number of nitrogens with one attached hydrogen (secondary N) is 2. The Balaban J connectivity index is 2.59. The van der Waals surface area contributed by atoms with Crippen molar-refractivity contribution in [3.05, 3.63) is 29.8 Å². The zero-order valence-corrected chi connectivity index (χ0v) is 12.4. The molecule has 1 unspecified atom stereocenters. The second kappa shape index (κ2) is 8.97. The Kier molecular flexibility index (Phi) is 7.25. The molecule has 0 radical (unpaired) electrons. The van der Waals surface area contributed by atoms with E-state index in [1.54, 1.807) is 13.2 Å². The smallest absolute Gasteiger partial charge is 0.326 e. The van der Waals surface area contributed by atoms with E-state index in [1.165, 1.54) is 0 Å². The molecule has 0 saturated carbocycles. The number of benzene rings is 1. The molecular formula is C15H22N2O4. The highest BCUT2D eigenvalue weighted by molar-refractivity contribution is 5.92. The van der Waals surface area contributed by atoms with E-state index in [-0.39, 0.29) is 0 Å². The summed E-state index contributed by atoms with van der Waals surface area (Å²) in [6.45, 7) is 2.45. The maximum atomic E-state index is 11.9. The molecule has 1 rings (SSSR count). The van der Waals surface area contributed by atoms with Crippen molar-refractivity contribution in [1.82, 2.24) is 5.32 Å². The summed E-state index contributed by atoms with van der Waals surface area (Å²) in [7, 11) is 1.55. The Hall–Kier alpha value is -2.08. The lowest BCUT2D eigenvalue weighted by atomic mass is 10.1. The van der Waals surface area contributed by atoms with Crippen LogP contribution in [0.25, 0.3) is 0 Å². The first-order valence-corrected chi connectivity index (χ1v) is 6.95. The normalized spacial score (nSPS) is 11.7. The van der Waals surface area contributed by atoms with Crippen molar-refractivity contribution >= 4 is 17.7 Å². The largest absolute Gasteiger partial charge is 0.480 e. The molecule has 0 aliphatic carbocycles. The monoisotopic (exact) mass is 294 g/mol. The number of methoxy groups -OCH3 is 1. The molecule has 116 valence electrons. The average molecular weight is 294 g/mol. The number of hydrogen-bond donors (Lipinski definition) is 3. The topological polar surface area (TPSA) is 87.7 Å². The van der Waals surface area contributed by atoms with Gasteiger partial charge in [-0.05, 0) is 30.9 Å². The van der Waals surface area contributed by atoms with Crippen LogP contribution in [0.1, 0.15) is 25.3 Å². The van der Waals surface area contributed by atoms with E-state index >= 15 is 0 Å². The van der Waals surface area contributed by atoms with Gasteiger partial charge in [0.25, 0.3) is 0 Å². The first kappa shape index (κ1) is 17.0. The van der Waals surface area contributed by atoms with Crippen LogP contribution in [0.5, 0.6) is 0 Å². The van der Waals surface area contributed by atoms with Gasteiger partial charge in [-0.2, -0.15) is 0 Å². The number of aryl methyl sites for hydroxylation is 1. The number of amides is 2. The molecule has 21 heavy (non-hydrogen) atoms. The number of carboxylic acids is 1. The minimum Gasteiger partial charge on any atom is -0.480 e. The predicted molar refractivity (Wildman–Crippen MR) is 80.5 cm³/mol. The zero-order chi connectivity index (χ0) is 15.7. The molecule has 1 atom stereocenters. The van der Waals surface area contributed by atoms with Crippen LogP contribution in [0.2, 0.25) is 0 Å². The standard InChI is InChI=1S/C15H22N2O4/c1-3-11-7-4-5-8-12(11)16-15(20)17-13(14(18)19)9-6-10-21-2/h4-5,7-8,13H,3,6,9-10H2,1-2H3,(H,18,19)(H2,16,17,20). The summed E-state index contributed by atoms with van der Waals surface area (Å²) in [4.78, 5) is 23.0. The van der Waals surface area contributed by atoms with Crippen molar-refractivity contribution in [1.29, 1.82) is 0 Å². The fourth-order valence-electron chi connectivity index (χ4n) is 1.96. The first-order chi connectivity index (χ1) is 10.1. The molecule has 0 bridgehead atoms. The first-order valence-electron chi connectivity index (χ1n) is 6.95. The number of carbonyl (C=O) groups is 2. The molecule has 0 aliphatic rings. The van der Waals surface area contributed by atoms with Crippen LogP contribution in [0.4, 0.5) is 10.5 Å². The maximum Gasteiger partial charge on any atom is 0.326 e. The predicted octanol–water partition coefficient (Wildman–Crippen LogP) is 2.25. The van der Waals surface area contributed by atoms with Gasteiger partial charge in [-0.25, -0.2) is 9.59 Å². The van der Waals surface area contributed by atoms with E-state index in [0.29, 0.717) is 25.1 Å². The van der Waals surface area contributed by atoms with Crippen molar-refractivity contribution in [3.8, 4) is 0 Å². The fourth-order valence-corrected chi connectivity index (χ4v) is 1.96. The highest BCUT2D eigenvalue weighted by atomic mass is 16.5. The van der Waals surface area contributed by atoms with Gasteiger partial charge in [0.2, 0.25) is 0 Å². The van der Waals surface area contributed by atoms with Gasteiger partial charge in [-0.15, -0.1) is 0 Å². The summed E-state index contributed by atoms with van der Waals surface area (Å²) in [6, 6.07) is 5.99. The van der Waals surface area contributed by atoms with E-state index in [2.05, 4.69) is 10.6 Å². The average Bonchev–Trinajstić information content (AvgIpc) is 2.46. The minimum atomic E-state index is -1.05. The summed E-state index contributed by atoms with van der Waals surface area (Å²) < 4.78 is 4.88. The molecule has 1 aromatic carbocycles. The molecule has 6 nitrogen and oxygen atoms in total. The van der Waals surface area contributed by atoms with Gasteiger partial charge >= 0.3 is 12.0 Å². The van der Waals surface area contributed by atoms with Crippen LogP contribution in [-0.2, 0) is 16.0 Å². The lowest BCUT2D eigenvalue weighted by molar-refractivity contribution is -0.139. The molecular weight excluding hydrogens is 272 g/mol. The van der Waals surface area contributed by atoms with Crippen LogP contribution < -0.4 is 10.6 Å². The van der Waals surface area contributed by atoms with Crippen molar-refractivity contribution in [2.75, 3.05) is 19.0 Å². The summed E-state index contributed by atoms with van der Waals surface area (Å²) in [5.41, 5.74) is 1.69. The molecule has 0 saturated heterocycles. The van der Waals surface area contributed by atoms with E-state index < -0.39 is 18.0 Å². The Labute approximate surface area is 124 Å². The molecule has 3 N–H and O–H groups in total. The van der Waals surface area contributed by atoms with Gasteiger partial charge in [-0.1, -0.05) is 25.1 Å². The third-order valence-electron chi connectivity index (χ3n) is 3.09. The highest BCUT2D eigenvalue weighted by Gasteiger charge is 2.19.